The van der Waals surface area contributed by atoms with Gasteiger partial charge in [0.25, 0.3) is 0 Å². The van der Waals surface area contributed by atoms with E-state index in [1.807, 2.05) is 0 Å². The first-order chi connectivity index (χ1) is 8.59. The molecule has 92 valence electrons. The molecule has 0 bridgehead atoms. The van der Waals surface area contributed by atoms with E-state index in [1.165, 1.54) is 13.1 Å². The highest BCUT2D eigenvalue weighted by molar-refractivity contribution is 5.89. The van der Waals surface area contributed by atoms with Crippen LogP contribution in [0.4, 0.5) is 0 Å². The van der Waals surface area contributed by atoms with Crippen molar-refractivity contribution in [1.82, 2.24) is 24.8 Å². The topological polar surface area (TPSA) is 103 Å². The minimum atomic E-state index is -1.13. The van der Waals surface area contributed by atoms with E-state index in [9.17, 15) is 9.59 Å². The molecule has 2 aromatic rings. The maximum atomic E-state index is 11.9. The summed E-state index contributed by atoms with van der Waals surface area (Å²) in [6.45, 7) is 1.36. The predicted octanol–water partition coefficient (Wildman–Crippen LogP) is -0.231. The number of hydrogen-bond donors (Lipinski definition) is 1. The molecule has 0 atom stereocenters. The first kappa shape index (κ1) is 11.7. The zero-order chi connectivity index (χ0) is 13.1. The molecule has 18 heavy (non-hydrogen) atoms. The van der Waals surface area contributed by atoms with Crippen LogP contribution < -0.4 is 5.69 Å². The summed E-state index contributed by atoms with van der Waals surface area (Å²) in [5.41, 5.74) is -0.130. The molecule has 0 spiro atoms. The standard InChI is InChI=1S/C10H9N5O3/c1-7(9(16)17)6-14-10(18)15(13-12-14)8-3-2-4-11-5-8/h2-6H,1H3,(H,16,17)/b7-6+. The first-order valence-electron chi connectivity index (χ1n) is 4.96. The van der Waals surface area contributed by atoms with Crippen LogP contribution in [-0.2, 0) is 4.79 Å². The van der Waals surface area contributed by atoms with Gasteiger partial charge in [-0.15, -0.1) is 0 Å². The van der Waals surface area contributed by atoms with Crippen LogP contribution in [0.2, 0.25) is 0 Å². The maximum absolute atomic E-state index is 11.9. The molecule has 2 rings (SSSR count). The molecular weight excluding hydrogens is 238 g/mol. The summed E-state index contributed by atoms with van der Waals surface area (Å²) in [7, 11) is 0. The van der Waals surface area contributed by atoms with Gasteiger partial charge in [0, 0.05) is 12.4 Å². The van der Waals surface area contributed by atoms with Crippen molar-refractivity contribution in [3.05, 3.63) is 40.6 Å². The average molecular weight is 247 g/mol. The molecule has 0 aliphatic rings. The third kappa shape index (κ3) is 2.17. The first-order valence-corrected chi connectivity index (χ1v) is 4.96. The number of pyridine rings is 1. The third-order valence-electron chi connectivity index (χ3n) is 2.15. The van der Waals surface area contributed by atoms with Gasteiger partial charge in [-0.05, 0) is 29.5 Å². The van der Waals surface area contributed by atoms with Gasteiger partial charge in [0.05, 0.1) is 17.5 Å². The van der Waals surface area contributed by atoms with Gasteiger partial charge in [-0.25, -0.2) is 9.59 Å². The van der Waals surface area contributed by atoms with Crippen molar-refractivity contribution in [2.24, 2.45) is 0 Å². The van der Waals surface area contributed by atoms with E-state index in [-0.39, 0.29) is 5.57 Å². The van der Waals surface area contributed by atoms with Crippen LogP contribution in [-0.4, -0.2) is 35.9 Å². The monoisotopic (exact) mass is 247 g/mol. The van der Waals surface area contributed by atoms with E-state index in [4.69, 9.17) is 5.11 Å². The molecule has 0 radical (unpaired) electrons. The minimum Gasteiger partial charge on any atom is -0.478 e. The summed E-state index contributed by atoms with van der Waals surface area (Å²) in [6.07, 6.45) is 4.12. The largest absolute Gasteiger partial charge is 0.478 e. The minimum absolute atomic E-state index is 0.0182. The van der Waals surface area contributed by atoms with Crippen LogP contribution in [0.25, 0.3) is 11.9 Å². The normalized spacial score (nSPS) is 11.5. The Morgan fingerprint density at radius 3 is 2.83 bits per heavy atom. The van der Waals surface area contributed by atoms with Crippen LogP contribution in [0.15, 0.2) is 34.9 Å². The van der Waals surface area contributed by atoms with Crippen LogP contribution in [0.1, 0.15) is 6.92 Å². The molecule has 0 fully saturated rings. The van der Waals surface area contributed by atoms with E-state index in [1.54, 1.807) is 18.3 Å². The van der Waals surface area contributed by atoms with Gasteiger partial charge in [-0.3, -0.25) is 4.98 Å². The van der Waals surface area contributed by atoms with Gasteiger partial charge in [0.1, 0.15) is 0 Å². The number of carbonyl (C=O) groups is 1. The van der Waals surface area contributed by atoms with Crippen molar-refractivity contribution in [2.45, 2.75) is 6.92 Å². The Kier molecular flexibility index (Phi) is 3.00. The average Bonchev–Trinajstić information content (AvgIpc) is 2.72. The Balaban J connectivity index is 2.45. The van der Waals surface area contributed by atoms with Gasteiger partial charge in [0.15, 0.2) is 0 Å². The lowest BCUT2D eigenvalue weighted by atomic mass is 10.3. The lowest BCUT2D eigenvalue weighted by Gasteiger charge is -1.95. The number of carboxylic acid groups (broad SMARTS) is 1. The Morgan fingerprint density at radius 2 is 2.22 bits per heavy atom. The molecule has 0 aliphatic heterocycles. The van der Waals surface area contributed by atoms with Gasteiger partial charge in [-0.2, -0.15) is 9.36 Å². The Labute approximate surface area is 101 Å². The fourth-order valence-electron chi connectivity index (χ4n) is 1.22. The number of aliphatic carboxylic acids is 1. The van der Waals surface area contributed by atoms with Crippen LogP contribution in [0.3, 0.4) is 0 Å². The highest BCUT2D eigenvalue weighted by Crippen LogP contribution is 1.99. The smallest absolute Gasteiger partial charge is 0.372 e. The van der Waals surface area contributed by atoms with E-state index < -0.39 is 11.7 Å². The molecule has 0 unspecified atom stereocenters. The van der Waals surface area contributed by atoms with Crippen molar-refractivity contribution >= 4 is 12.2 Å². The zero-order valence-corrected chi connectivity index (χ0v) is 9.39. The molecular formula is C10H9N5O3. The van der Waals surface area contributed by atoms with Gasteiger partial charge >= 0.3 is 11.7 Å². The van der Waals surface area contributed by atoms with Crippen LogP contribution in [0, 0.1) is 0 Å². The zero-order valence-electron chi connectivity index (χ0n) is 9.39. The molecule has 8 heteroatoms. The second kappa shape index (κ2) is 4.62. The second-order valence-corrected chi connectivity index (χ2v) is 3.45. The Bertz CT molecular complexity index is 656. The molecule has 0 aliphatic carbocycles. The van der Waals surface area contributed by atoms with Crippen LogP contribution in [0.5, 0.6) is 0 Å². The van der Waals surface area contributed by atoms with Gasteiger partial charge in [-0.1, -0.05) is 0 Å². The number of hydrogen-bond acceptors (Lipinski definition) is 5. The number of nitrogens with zero attached hydrogens (tertiary/aromatic N) is 5. The second-order valence-electron chi connectivity index (χ2n) is 3.45. The van der Waals surface area contributed by atoms with Crippen molar-refractivity contribution in [2.75, 3.05) is 0 Å². The summed E-state index contributed by atoms with van der Waals surface area (Å²) in [5, 5.41) is 15.9. The highest BCUT2D eigenvalue weighted by Gasteiger charge is 2.08. The summed E-state index contributed by atoms with van der Waals surface area (Å²) in [4.78, 5) is 26.4. The quantitative estimate of drug-likeness (QED) is 0.751. The Morgan fingerprint density at radius 1 is 1.44 bits per heavy atom. The molecule has 0 aromatic carbocycles. The molecule has 0 saturated heterocycles. The van der Waals surface area contributed by atoms with E-state index in [0.717, 1.165) is 15.6 Å². The van der Waals surface area contributed by atoms with Crippen molar-refractivity contribution in [3.8, 4) is 5.69 Å². The predicted molar refractivity (Wildman–Crippen MR) is 61.0 cm³/mol. The maximum Gasteiger partial charge on any atom is 0.372 e. The molecule has 8 nitrogen and oxygen atoms in total. The number of carboxylic acids is 1. The number of aromatic nitrogens is 5. The van der Waals surface area contributed by atoms with Gasteiger partial charge in [0.2, 0.25) is 0 Å². The molecule has 2 heterocycles. The molecule has 1 N–H and O–H groups in total. The van der Waals surface area contributed by atoms with Crippen LogP contribution >= 0.6 is 0 Å². The summed E-state index contributed by atoms with van der Waals surface area (Å²) >= 11 is 0. The fraction of sp³-hybridized carbons (Fsp3) is 0.100. The molecule has 0 saturated carbocycles. The van der Waals surface area contributed by atoms with Crippen molar-refractivity contribution < 1.29 is 9.90 Å². The fourth-order valence-corrected chi connectivity index (χ4v) is 1.22. The van der Waals surface area contributed by atoms with Gasteiger partial charge < -0.3 is 5.11 Å². The highest BCUT2D eigenvalue weighted by atomic mass is 16.4. The lowest BCUT2D eigenvalue weighted by Crippen LogP contribution is -2.22. The summed E-state index contributed by atoms with van der Waals surface area (Å²) in [6, 6.07) is 3.29. The van der Waals surface area contributed by atoms with Crippen molar-refractivity contribution in [1.29, 1.82) is 0 Å². The molecule has 2 aromatic heterocycles. The summed E-state index contributed by atoms with van der Waals surface area (Å²) < 4.78 is 1.88. The SMILES string of the molecule is C/C(=C\n1nnn(-c2cccnc2)c1=O)C(=O)O. The lowest BCUT2D eigenvalue weighted by molar-refractivity contribution is -0.132. The number of tetrazole rings is 1. The van der Waals surface area contributed by atoms with E-state index >= 15 is 0 Å². The van der Waals surface area contributed by atoms with E-state index in [2.05, 4.69) is 15.4 Å². The summed E-state index contributed by atoms with van der Waals surface area (Å²) in [5.74, 6) is -1.13. The van der Waals surface area contributed by atoms with Crippen molar-refractivity contribution in [3.63, 3.8) is 0 Å². The third-order valence-corrected chi connectivity index (χ3v) is 2.15. The number of rotatable bonds is 3. The molecule has 0 amide bonds. The van der Waals surface area contributed by atoms with E-state index in [0.29, 0.717) is 5.69 Å². The Hall–Kier alpha value is -2.77.